The van der Waals surface area contributed by atoms with Crippen molar-refractivity contribution in [2.45, 2.75) is 27.3 Å². The third-order valence-electron chi connectivity index (χ3n) is 4.43. The average Bonchev–Trinajstić information content (AvgIpc) is 2.48. The Bertz CT molecular complexity index is 721. The zero-order valence-electron chi connectivity index (χ0n) is 14.0. The summed E-state index contributed by atoms with van der Waals surface area (Å²) in [4.78, 5) is 2.16. The molecule has 1 fully saturated rings. The molecule has 10 heteroatoms. The van der Waals surface area contributed by atoms with Crippen LogP contribution in [0.15, 0.2) is 0 Å². The SMILES string of the molecule is Cc1c(CN2CCNCC2)c(C)c(B(O)O)c(C)c1OS(=O)(=O)F. The van der Waals surface area contributed by atoms with Crippen molar-refractivity contribution in [2.24, 2.45) is 0 Å². The average molecular weight is 360 g/mol. The van der Waals surface area contributed by atoms with E-state index in [9.17, 15) is 22.4 Å². The fourth-order valence-corrected chi connectivity index (χ4v) is 3.66. The first-order chi connectivity index (χ1) is 11.1. The molecule has 1 aromatic rings. The van der Waals surface area contributed by atoms with Crippen LogP contribution in [0, 0.1) is 20.8 Å². The van der Waals surface area contributed by atoms with Gasteiger partial charge in [0.25, 0.3) is 0 Å². The number of halogens is 1. The summed E-state index contributed by atoms with van der Waals surface area (Å²) in [6, 6.07) is 0. The summed E-state index contributed by atoms with van der Waals surface area (Å²) >= 11 is 0. The van der Waals surface area contributed by atoms with Gasteiger partial charge < -0.3 is 19.5 Å². The van der Waals surface area contributed by atoms with Crippen molar-refractivity contribution >= 4 is 23.1 Å². The number of rotatable bonds is 5. The summed E-state index contributed by atoms with van der Waals surface area (Å²) in [5.74, 6) is -0.184. The molecule has 0 aliphatic carbocycles. The lowest BCUT2D eigenvalue weighted by Crippen LogP contribution is -2.44. The number of piperazine rings is 1. The van der Waals surface area contributed by atoms with Gasteiger partial charge in [0, 0.05) is 32.7 Å². The van der Waals surface area contributed by atoms with Gasteiger partial charge in [0.15, 0.2) is 5.75 Å². The van der Waals surface area contributed by atoms with Gasteiger partial charge in [0.1, 0.15) is 0 Å². The fraction of sp³-hybridized carbons (Fsp3) is 0.571. The Morgan fingerprint density at radius 1 is 1.17 bits per heavy atom. The van der Waals surface area contributed by atoms with Gasteiger partial charge in [-0.05, 0) is 48.5 Å². The highest BCUT2D eigenvalue weighted by molar-refractivity contribution is 7.81. The summed E-state index contributed by atoms with van der Waals surface area (Å²) < 4.78 is 39.4. The predicted octanol–water partition coefficient (Wildman–Crippen LogP) is -0.710. The molecule has 24 heavy (non-hydrogen) atoms. The van der Waals surface area contributed by atoms with Crippen LogP contribution < -0.4 is 15.0 Å². The van der Waals surface area contributed by atoms with Crippen LogP contribution in [0.25, 0.3) is 0 Å². The third-order valence-corrected chi connectivity index (χ3v) is 4.79. The Morgan fingerprint density at radius 3 is 2.25 bits per heavy atom. The van der Waals surface area contributed by atoms with Crippen LogP contribution >= 0.6 is 0 Å². The summed E-state index contributed by atoms with van der Waals surface area (Å²) in [6.07, 6.45) is 0. The summed E-state index contributed by atoms with van der Waals surface area (Å²) in [5, 5.41) is 22.6. The normalized spacial score (nSPS) is 16.2. The molecule has 0 unspecified atom stereocenters. The molecule has 0 amide bonds. The minimum absolute atomic E-state index is 0.143. The minimum Gasteiger partial charge on any atom is -0.423 e. The van der Waals surface area contributed by atoms with Crippen molar-refractivity contribution in [1.29, 1.82) is 0 Å². The second kappa shape index (κ2) is 7.36. The van der Waals surface area contributed by atoms with E-state index in [1.165, 1.54) is 6.92 Å². The maximum absolute atomic E-state index is 13.1. The molecule has 0 saturated carbocycles. The molecule has 0 bridgehead atoms. The van der Waals surface area contributed by atoms with Crippen molar-refractivity contribution in [1.82, 2.24) is 10.2 Å². The molecule has 7 nitrogen and oxygen atoms in total. The van der Waals surface area contributed by atoms with E-state index in [1.807, 2.05) is 0 Å². The molecule has 1 aliphatic rings. The molecule has 1 aliphatic heterocycles. The molecule has 134 valence electrons. The zero-order chi connectivity index (χ0) is 18.1. The smallest absolute Gasteiger partial charge is 0.423 e. The topological polar surface area (TPSA) is 99.1 Å². The number of nitrogens with one attached hydrogen (secondary N) is 1. The molecule has 1 saturated heterocycles. The molecule has 0 spiro atoms. The Hall–Kier alpha value is -1.20. The Kier molecular flexibility index (Phi) is 5.87. The summed E-state index contributed by atoms with van der Waals surface area (Å²) in [7, 11) is -7.02. The van der Waals surface area contributed by atoms with Crippen molar-refractivity contribution in [3.05, 3.63) is 22.3 Å². The van der Waals surface area contributed by atoms with Crippen LogP contribution in [0.4, 0.5) is 3.89 Å². The van der Waals surface area contributed by atoms with Crippen LogP contribution in [0.3, 0.4) is 0 Å². The van der Waals surface area contributed by atoms with E-state index >= 15 is 0 Å². The van der Waals surface area contributed by atoms with Gasteiger partial charge in [-0.1, -0.05) is 3.89 Å². The Morgan fingerprint density at radius 2 is 1.75 bits per heavy atom. The van der Waals surface area contributed by atoms with E-state index in [0.717, 1.165) is 26.2 Å². The fourth-order valence-electron chi connectivity index (χ4n) is 3.21. The molecule has 3 N–H and O–H groups in total. The third kappa shape index (κ3) is 4.25. The number of hydrogen-bond donors (Lipinski definition) is 3. The first-order valence-electron chi connectivity index (χ1n) is 7.67. The van der Waals surface area contributed by atoms with Gasteiger partial charge >= 0.3 is 17.6 Å². The van der Waals surface area contributed by atoms with Crippen LogP contribution in [0.1, 0.15) is 22.3 Å². The standard InChI is InChI=1S/C14H22BFN2O5S/c1-9-12(8-18-6-4-17-5-7-18)10(2)14(23-24(16,21)22)11(3)13(9)15(19)20/h17,19-20H,4-8H2,1-3H3. The van der Waals surface area contributed by atoms with E-state index in [0.29, 0.717) is 23.2 Å². The lowest BCUT2D eigenvalue weighted by Gasteiger charge is -2.30. The van der Waals surface area contributed by atoms with E-state index in [1.54, 1.807) is 13.8 Å². The summed E-state index contributed by atoms with van der Waals surface area (Å²) in [6.45, 7) is 8.63. The maximum atomic E-state index is 13.1. The number of benzene rings is 1. The van der Waals surface area contributed by atoms with Crippen LogP contribution in [-0.4, -0.2) is 56.7 Å². The molecule has 1 heterocycles. The Balaban J connectivity index is 2.55. The molecular formula is C14H22BFN2O5S. The Labute approximate surface area is 142 Å². The molecule has 2 rings (SSSR count). The van der Waals surface area contributed by atoms with Gasteiger partial charge in [0.2, 0.25) is 0 Å². The van der Waals surface area contributed by atoms with Crippen molar-refractivity contribution in [2.75, 3.05) is 26.2 Å². The van der Waals surface area contributed by atoms with E-state index in [-0.39, 0.29) is 16.8 Å². The zero-order valence-corrected chi connectivity index (χ0v) is 14.8. The second-order valence-electron chi connectivity index (χ2n) is 5.97. The van der Waals surface area contributed by atoms with Gasteiger partial charge in [-0.3, -0.25) is 4.90 Å². The first kappa shape index (κ1) is 19.1. The van der Waals surface area contributed by atoms with Crippen LogP contribution in [-0.2, 0) is 17.0 Å². The molecule has 0 atom stereocenters. The molecule has 0 radical (unpaired) electrons. The van der Waals surface area contributed by atoms with Crippen molar-refractivity contribution < 1.29 is 26.5 Å². The monoisotopic (exact) mass is 360 g/mol. The van der Waals surface area contributed by atoms with Gasteiger partial charge in [-0.2, -0.15) is 8.42 Å². The highest BCUT2D eigenvalue weighted by Crippen LogP contribution is 2.30. The second-order valence-corrected chi connectivity index (χ2v) is 6.93. The predicted molar refractivity (Wildman–Crippen MR) is 89.3 cm³/mol. The van der Waals surface area contributed by atoms with Crippen molar-refractivity contribution in [3.63, 3.8) is 0 Å². The van der Waals surface area contributed by atoms with Crippen LogP contribution in [0.2, 0.25) is 0 Å². The number of nitrogens with zero attached hydrogens (tertiary/aromatic N) is 1. The quantitative estimate of drug-likeness (QED) is 0.471. The van der Waals surface area contributed by atoms with Crippen molar-refractivity contribution in [3.8, 4) is 5.75 Å². The molecular weight excluding hydrogens is 338 g/mol. The molecule has 0 aromatic heterocycles. The van der Waals surface area contributed by atoms with E-state index < -0.39 is 17.6 Å². The van der Waals surface area contributed by atoms with Gasteiger partial charge in [-0.15, -0.1) is 0 Å². The van der Waals surface area contributed by atoms with E-state index in [2.05, 4.69) is 14.4 Å². The first-order valence-corrected chi connectivity index (χ1v) is 8.98. The lowest BCUT2D eigenvalue weighted by atomic mass is 9.72. The van der Waals surface area contributed by atoms with Gasteiger partial charge in [-0.25, -0.2) is 0 Å². The highest BCUT2D eigenvalue weighted by Gasteiger charge is 2.28. The van der Waals surface area contributed by atoms with E-state index in [4.69, 9.17) is 0 Å². The minimum atomic E-state index is -5.21. The molecule has 1 aromatic carbocycles. The largest absolute Gasteiger partial charge is 0.489 e. The number of hydrogen-bond acceptors (Lipinski definition) is 7. The van der Waals surface area contributed by atoms with Crippen LogP contribution in [0.5, 0.6) is 5.75 Å². The summed E-state index contributed by atoms with van der Waals surface area (Å²) in [5.41, 5.74) is 2.18. The highest BCUT2D eigenvalue weighted by atomic mass is 32.3. The lowest BCUT2D eigenvalue weighted by molar-refractivity contribution is 0.232. The maximum Gasteiger partial charge on any atom is 0.489 e. The van der Waals surface area contributed by atoms with Gasteiger partial charge in [0.05, 0.1) is 0 Å².